The fourth-order valence-electron chi connectivity index (χ4n) is 2.76. The maximum atomic E-state index is 10.5. The first-order chi connectivity index (χ1) is 9.16. The second kappa shape index (κ2) is 4.42. The fourth-order valence-corrected chi connectivity index (χ4v) is 2.76. The van der Waals surface area contributed by atoms with Crippen molar-refractivity contribution in [3.63, 3.8) is 0 Å². The molecule has 19 heavy (non-hydrogen) atoms. The number of rotatable bonds is 4. The van der Waals surface area contributed by atoms with Gasteiger partial charge in [-0.15, -0.1) is 0 Å². The lowest BCUT2D eigenvalue weighted by molar-refractivity contribution is -0.178. The van der Waals surface area contributed by atoms with Crippen molar-refractivity contribution in [2.24, 2.45) is 0 Å². The zero-order chi connectivity index (χ0) is 13.5. The summed E-state index contributed by atoms with van der Waals surface area (Å²) in [6.07, 6.45) is 3.55. The van der Waals surface area contributed by atoms with Crippen molar-refractivity contribution in [1.29, 1.82) is 0 Å². The number of methoxy groups -OCH3 is 2. The molecule has 0 radical (unpaired) electrons. The van der Waals surface area contributed by atoms with E-state index in [1.807, 2.05) is 42.5 Å². The number of fused-ring (bicyclic) bond motifs is 1. The number of epoxide rings is 1. The van der Waals surface area contributed by atoms with Gasteiger partial charge in [0, 0.05) is 20.6 Å². The Morgan fingerprint density at radius 2 is 1.89 bits per heavy atom. The highest BCUT2D eigenvalue weighted by Gasteiger charge is 2.64. The molecule has 1 heterocycles. The van der Waals surface area contributed by atoms with Gasteiger partial charge in [0.25, 0.3) is 0 Å². The predicted molar refractivity (Wildman–Crippen MR) is 69.5 cm³/mol. The van der Waals surface area contributed by atoms with Gasteiger partial charge in [0.05, 0.1) is 6.10 Å². The summed E-state index contributed by atoms with van der Waals surface area (Å²) < 4.78 is 16.5. The fraction of sp³-hybridized carbons (Fsp3) is 0.467. The molecule has 3 unspecified atom stereocenters. The van der Waals surface area contributed by atoms with Crippen molar-refractivity contribution in [3.8, 4) is 0 Å². The molecule has 0 saturated carbocycles. The maximum absolute atomic E-state index is 10.5. The molecule has 1 aliphatic carbocycles. The van der Waals surface area contributed by atoms with Gasteiger partial charge < -0.3 is 19.3 Å². The molecule has 1 aromatic carbocycles. The van der Waals surface area contributed by atoms with Crippen LogP contribution in [0.25, 0.3) is 0 Å². The summed E-state index contributed by atoms with van der Waals surface area (Å²) in [5, 5.41) is 10.5. The Balaban J connectivity index is 1.85. The van der Waals surface area contributed by atoms with E-state index in [0.29, 0.717) is 6.42 Å². The van der Waals surface area contributed by atoms with Crippen LogP contribution in [0.5, 0.6) is 0 Å². The number of ether oxygens (including phenoxy) is 3. The Morgan fingerprint density at radius 1 is 1.21 bits per heavy atom. The molecule has 0 spiro atoms. The topological polar surface area (TPSA) is 51.2 Å². The lowest BCUT2D eigenvalue weighted by atomic mass is 9.85. The Labute approximate surface area is 112 Å². The smallest absolute Gasteiger partial charge is 0.189 e. The molecule has 1 N–H and O–H groups in total. The first kappa shape index (κ1) is 12.8. The van der Waals surface area contributed by atoms with Gasteiger partial charge in [-0.3, -0.25) is 0 Å². The average Bonchev–Trinajstić information content (AvgIpc) is 3.21. The van der Waals surface area contributed by atoms with Crippen LogP contribution in [0.2, 0.25) is 0 Å². The minimum Gasteiger partial charge on any atom is -0.385 e. The molecule has 1 aliphatic heterocycles. The van der Waals surface area contributed by atoms with Crippen LogP contribution in [0.4, 0.5) is 0 Å². The van der Waals surface area contributed by atoms with Gasteiger partial charge in [-0.1, -0.05) is 30.3 Å². The third-order valence-electron chi connectivity index (χ3n) is 4.09. The first-order valence-electron chi connectivity index (χ1n) is 6.37. The maximum Gasteiger partial charge on any atom is 0.189 e. The van der Waals surface area contributed by atoms with Gasteiger partial charge in [-0.2, -0.15) is 0 Å². The van der Waals surface area contributed by atoms with Crippen LogP contribution in [-0.2, 0) is 14.2 Å². The van der Waals surface area contributed by atoms with Crippen LogP contribution in [-0.4, -0.2) is 36.8 Å². The van der Waals surface area contributed by atoms with Crippen molar-refractivity contribution in [1.82, 2.24) is 0 Å². The quantitative estimate of drug-likeness (QED) is 0.511. The van der Waals surface area contributed by atoms with E-state index in [-0.39, 0.29) is 6.10 Å². The lowest BCUT2D eigenvalue weighted by Crippen LogP contribution is -2.39. The summed E-state index contributed by atoms with van der Waals surface area (Å²) in [5.74, 6) is -0.735. The Bertz CT molecular complexity index is 480. The highest BCUT2D eigenvalue weighted by atomic mass is 16.7. The monoisotopic (exact) mass is 262 g/mol. The minimum atomic E-state index is -0.735. The van der Waals surface area contributed by atoms with Gasteiger partial charge in [0.15, 0.2) is 5.79 Å². The van der Waals surface area contributed by atoms with Crippen molar-refractivity contribution in [2.45, 2.75) is 30.0 Å². The second-order valence-electron chi connectivity index (χ2n) is 5.03. The zero-order valence-electron chi connectivity index (χ0n) is 11.1. The Morgan fingerprint density at radius 3 is 2.47 bits per heavy atom. The van der Waals surface area contributed by atoms with E-state index in [1.54, 1.807) is 14.2 Å². The molecule has 3 atom stereocenters. The Hall–Kier alpha value is -1.20. The van der Waals surface area contributed by atoms with Crippen LogP contribution in [0.15, 0.2) is 42.5 Å². The van der Waals surface area contributed by atoms with E-state index in [9.17, 15) is 5.11 Å². The SMILES string of the molecule is COC1(OC)C=CC2(C(O)c3ccccc3)OC2C1. The molecule has 4 nitrogen and oxygen atoms in total. The summed E-state index contributed by atoms with van der Waals surface area (Å²) in [6.45, 7) is 0. The largest absolute Gasteiger partial charge is 0.385 e. The number of hydrogen-bond donors (Lipinski definition) is 1. The first-order valence-corrected chi connectivity index (χ1v) is 6.37. The van der Waals surface area contributed by atoms with Crippen LogP contribution in [0.1, 0.15) is 18.1 Å². The van der Waals surface area contributed by atoms with Gasteiger partial charge in [0.2, 0.25) is 0 Å². The molecule has 1 fully saturated rings. The van der Waals surface area contributed by atoms with Gasteiger partial charge >= 0.3 is 0 Å². The van der Waals surface area contributed by atoms with Gasteiger partial charge in [-0.05, 0) is 17.7 Å². The van der Waals surface area contributed by atoms with Crippen LogP contribution >= 0.6 is 0 Å². The van der Waals surface area contributed by atoms with E-state index in [0.717, 1.165) is 5.56 Å². The molecular formula is C15H18O4. The van der Waals surface area contributed by atoms with Crippen molar-refractivity contribution < 1.29 is 19.3 Å². The number of aliphatic hydroxyl groups is 1. The van der Waals surface area contributed by atoms with E-state index >= 15 is 0 Å². The Kier molecular flexibility index (Phi) is 2.98. The number of hydrogen-bond acceptors (Lipinski definition) is 4. The third kappa shape index (κ3) is 1.92. The highest BCUT2D eigenvalue weighted by molar-refractivity contribution is 5.33. The average molecular weight is 262 g/mol. The summed E-state index contributed by atoms with van der Waals surface area (Å²) in [4.78, 5) is 0. The molecule has 3 rings (SSSR count). The third-order valence-corrected chi connectivity index (χ3v) is 4.09. The summed E-state index contributed by atoms with van der Waals surface area (Å²) in [5.41, 5.74) is 0.235. The van der Waals surface area contributed by atoms with Gasteiger partial charge in [-0.25, -0.2) is 0 Å². The minimum absolute atomic E-state index is 0.0763. The van der Waals surface area contributed by atoms with E-state index in [4.69, 9.17) is 14.2 Å². The molecule has 0 aromatic heterocycles. The second-order valence-corrected chi connectivity index (χ2v) is 5.03. The van der Waals surface area contributed by atoms with Crippen molar-refractivity contribution in [2.75, 3.05) is 14.2 Å². The van der Waals surface area contributed by atoms with Crippen LogP contribution in [0.3, 0.4) is 0 Å². The van der Waals surface area contributed by atoms with Crippen molar-refractivity contribution in [3.05, 3.63) is 48.0 Å². The molecule has 102 valence electrons. The standard InChI is InChI=1S/C15H18O4/c1-17-14(18-2)8-9-15(12(10-14)19-15)13(16)11-6-4-3-5-7-11/h3-9,12-13,16H,10H2,1-2H3. The van der Waals surface area contributed by atoms with E-state index in [1.165, 1.54) is 0 Å². The number of aliphatic hydroxyl groups excluding tert-OH is 1. The highest BCUT2D eigenvalue weighted by Crippen LogP contribution is 2.54. The molecule has 2 aliphatic rings. The summed E-state index contributed by atoms with van der Waals surface area (Å²) in [7, 11) is 3.22. The normalized spacial score (nSPS) is 32.7. The number of benzene rings is 1. The van der Waals surface area contributed by atoms with Crippen molar-refractivity contribution >= 4 is 0 Å². The van der Waals surface area contributed by atoms with Gasteiger partial charge in [0.1, 0.15) is 11.7 Å². The molecule has 1 aromatic rings. The molecule has 4 heteroatoms. The predicted octanol–water partition coefficient (Wildman–Crippen LogP) is 1.81. The van der Waals surface area contributed by atoms with Crippen LogP contribution < -0.4 is 0 Å². The lowest BCUT2D eigenvalue weighted by Gasteiger charge is -2.31. The van der Waals surface area contributed by atoms with E-state index < -0.39 is 17.5 Å². The molecular weight excluding hydrogens is 244 g/mol. The zero-order valence-corrected chi connectivity index (χ0v) is 11.1. The molecule has 0 bridgehead atoms. The summed E-state index contributed by atoms with van der Waals surface area (Å²) in [6, 6.07) is 9.55. The van der Waals surface area contributed by atoms with Crippen LogP contribution in [0, 0.1) is 0 Å². The molecule has 1 saturated heterocycles. The molecule has 0 amide bonds. The van der Waals surface area contributed by atoms with E-state index in [2.05, 4.69) is 0 Å². The summed E-state index contributed by atoms with van der Waals surface area (Å²) >= 11 is 0.